The van der Waals surface area contributed by atoms with Gasteiger partial charge >= 0.3 is 5.97 Å². The van der Waals surface area contributed by atoms with Gasteiger partial charge in [0, 0.05) is 10.7 Å². The number of nitrogens with one attached hydrogen (secondary N) is 1. The van der Waals surface area contributed by atoms with Crippen LogP contribution in [0.4, 0.5) is 10.2 Å². The Morgan fingerprint density at radius 2 is 2.40 bits per heavy atom. The third-order valence-corrected chi connectivity index (χ3v) is 2.15. The van der Waals surface area contributed by atoms with E-state index in [1.54, 1.807) is 6.92 Å². The maximum absolute atomic E-state index is 13.3. The summed E-state index contributed by atoms with van der Waals surface area (Å²) in [5.74, 6) is -0.977. The lowest BCUT2D eigenvalue weighted by atomic mass is 10.3. The number of methoxy groups -OCH3 is 1. The average Bonchev–Trinajstić information content (AvgIpc) is 2.20. The van der Waals surface area contributed by atoms with Crippen molar-refractivity contribution in [1.29, 1.82) is 0 Å². The van der Waals surface area contributed by atoms with Gasteiger partial charge in [-0.05, 0) is 28.9 Å². The highest BCUT2D eigenvalue weighted by atomic mass is 79.9. The molecule has 0 aliphatic carbocycles. The van der Waals surface area contributed by atoms with E-state index in [-0.39, 0.29) is 5.82 Å². The second kappa shape index (κ2) is 5.06. The largest absolute Gasteiger partial charge is 0.467 e. The van der Waals surface area contributed by atoms with Crippen LogP contribution in [0.3, 0.4) is 0 Å². The molecule has 0 saturated carbocycles. The van der Waals surface area contributed by atoms with Crippen LogP contribution in [0, 0.1) is 5.82 Å². The van der Waals surface area contributed by atoms with Crippen LogP contribution in [0.2, 0.25) is 0 Å². The first-order chi connectivity index (χ1) is 7.04. The fraction of sp³-hybridized carbons (Fsp3) is 0.333. The predicted molar refractivity (Wildman–Crippen MR) is 57.0 cm³/mol. The molecule has 1 aromatic rings. The normalized spacial score (nSPS) is 12.0. The van der Waals surface area contributed by atoms with Crippen LogP contribution in [0.25, 0.3) is 0 Å². The molecule has 0 aromatic carbocycles. The number of halogens is 2. The summed E-state index contributed by atoms with van der Waals surface area (Å²) in [6, 6.07) is 0.623. The summed E-state index contributed by atoms with van der Waals surface area (Å²) in [4.78, 5) is 14.8. The number of hydrogen-bond acceptors (Lipinski definition) is 4. The van der Waals surface area contributed by atoms with Gasteiger partial charge in [0.25, 0.3) is 0 Å². The van der Waals surface area contributed by atoms with Crippen LogP contribution < -0.4 is 5.32 Å². The molecular weight excluding hydrogens is 267 g/mol. The van der Waals surface area contributed by atoms with Crippen LogP contribution in [0.1, 0.15) is 6.92 Å². The molecular formula is C9H10BrFN2O2. The number of carbonyl (C=O) groups excluding carboxylic acids is 1. The molecule has 4 nitrogen and oxygen atoms in total. The van der Waals surface area contributed by atoms with Gasteiger partial charge in [0.2, 0.25) is 0 Å². The van der Waals surface area contributed by atoms with E-state index in [4.69, 9.17) is 0 Å². The van der Waals surface area contributed by atoms with Gasteiger partial charge in [0.15, 0.2) is 11.6 Å². The van der Waals surface area contributed by atoms with E-state index in [1.807, 2.05) is 0 Å². The molecule has 0 aliphatic rings. The predicted octanol–water partition coefficient (Wildman–Crippen LogP) is 1.96. The van der Waals surface area contributed by atoms with Gasteiger partial charge in [0.05, 0.1) is 7.11 Å². The lowest BCUT2D eigenvalue weighted by Gasteiger charge is -2.12. The van der Waals surface area contributed by atoms with Gasteiger partial charge in [0.1, 0.15) is 6.04 Å². The number of rotatable bonds is 3. The molecule has 1 heterocycles. The summed E-state index contributed by atoms with van der Waals surface area (Å²) in [5, 5.41) is 2.61. The van der Waals surface area contributed by atoms with Crippen molar-refractivity contribution in [3.8, 4) is 0 Å². The van der Waals surface area contributed by atoms with E-state index >= 15 is 0 Å². The molecule has 0 fully saturated rings. The van der Waals surface area contributed by atoms with Crippen LogP contribution >= 0.6 is 15.9 Å². The first-order valence-electron chi connectivity index (χ1n) is 4.20. The number of aromatic nitrogens is 1. The summed E-state index contributed by atoms with van der Waals surface area (Å²) in [6.45, 7) is 1.56. The fourth-order valence-corrected chi connectivity index (χ4v) is 1.26. The van der Waals surface area contributed by atoms with Crippen molar-refractivity contribution >= 4 is 27.7 Å². The number of anilines is 1. The Morgan fingerprint density at radius 3 is 2.93 bits per heavy atom. The van der Waals surface area contributed by atoms with E-state index in [0.717, 1.165) is 0 Å². The van der Waals surface area contributed by atoms with Crippen LogP contribution in [0.5, 0.6) is 0 Å². The van der Waals surface area contributed by atoms with Gasteiger partial charge in [-0.1, -0.05) is 0 Å². The number of pyridine rings is 1. The molecule has 1 rings (SSSR count). The summed E-state index contributed by atoms with van der Waals surface area (Å²) in [5.41, 5.74) is 0. The van der Waals surface area contributed by atoms with Gasteiger partial charge in [-0.2, -0.15) is 0 Å². The third kappa shape index (κ3) is 3.16. The first kappa shape index (κ1) is 11.9. The van der Waals surface area contributed by atoms with E-state index in [9.17, 15) is 9.18 Å². The Hall–Kier alpha value is -1.17. The minimum Gasteiger partial charge on any atom is -0.467 e. The molecule has 0 aliphatic heterocycles. The van der Waals surface area contributed by atoms with Crippen LogP contribution in [-0.2, 0) is 9.53 Å². The molecule has 1 aromatic heterocycles. The highest BCUT2D eigenvalue weighted by molar-refractivity contribution is 9.10. The number of esters is 1. The van der Waals surface area contributed by atoms with Crippen molar-refractivity contribution in [2.45, 2.75) is 13.0 Å². The third-order valence-electron chi connectivity index (χ3n) is 1.72. The van der Waals surface area contributed by atoms with Gasteiger partial charge in [-0.3, -0.25) is 0 Å². The van der Waals surface area contributed by atoms with E-state index < -0.39 is 17.8 Å². The van der Waals surface area contributed by atoms with E-state index in [0.29, 0.717) is 4.47 Å². The summed E-state index contributed by atoms with van der Waals surface area (Å²) >= 11 is 3.08. The zero-order chi connectivity index (χ0) is 11.4. The second-order valence-corrected chi connectivity index (χ2v) is 3.79. The summed E-state index contributed by atoms with van der Waals surface area (Å²) < 4.78 is 18.3. The van der Waals surface area contributed by atoms with Gasteiger partial charge in [-0.25, -0.2) is 14.2 Å². The van der Waals surface area contributed by atoms with Crippen LogP contribution in [-0.4, -0.2) is 24.1 Å². The zero-order valence-electron chi connectivity index (χ0n) is 8.25. The Balaban J connectivity index is 2.76. The average molecular weight is 277 g/mol. The van der Waals surface area contributed by atoms with Gasteiger partial charge < -0.3 is 10.1 Å². The highest BCUT2D eigenvalue weighted by Crippen LogP contribution is 2.16. The van der Waals surface area contributed by atoms with E-state index in [2.05, 4.69) is 31.0 Å². The Kier molecular flexibility index (Phi) is 4.02. The van der Waals surface area contributed by atoms with Crippen LogP contribution in [0.15, 0.2) is 16.7 Å². The molecule has 0 radical (unpaired) electrons. The molecule has 6 heteroatoms. The molecule has 0 bridgehead atoms. The fourth-order valence-electron chi connectivity index (χ4n) is 0.962. The van der Waals surface area contributed by atoms with E-state index in [1.165, 1.54) is 19.4 Å². The number of ether oxygens (including phenoxy) is 1. The van der Waals surface area contributed by atoms with Gasteiger partial charge in [-0.15, -0.1) is 0 Å². The molecule has 1 unspecified atom stereocenters. The molecule has 1 N–H and O–H groups in total. The summed E-state index contributed by atoms with van der Waals surface area (Å²) in [7, 11) is 1.27. The van der Waals surface area contributed by atoms with Crippen molar-refractivity contribution < 1.29 is 13.9 Å². The molecule has 0 amide bonds. The van der Waals surface area contributed by atoms with Crippen molar-refractivity contribution in [2.24, 2.45) is 0 Å². The highest BCUT2D eigenvalue weighted by Gasteiger charge is 2.15. The Bertz CT molecular complexity index is 373. The lowest BCUT2D eigenvalue weighted by molar-refractivity contribution is -0.141. The Labute approximate surface area is 95.0 Å². The van der Waals surface area contributed by atoms with Crippen molar-refractivity contribution in [1.82, 2.24) is 4.98 Å². The molecule has 82 valence electrons. The lowest BCUT2D eigenvalue weighted by Crippen LogP contribution is -2.28. The standard InChI is InChI=1S/C9H10BrFN2O2/c1-5(9(14)15-2)13-8-7(11)3-6(10)4-12-8/h3-5H,1-2H3,(H,12,13). The van der Waals surface area contributed by atoms with Crippen molar-refractivity contribution in [3.05, 3.63) is 22.6 Å². The number of nitrogens with zero attached hydrogens (tertiary/aromatic N) is 1. The minimum atomic E-state index is -0.641. The monoisotopic (exact) mass is 276 g/mol. The van der Waals surface area contributed by atoms with Crippen molar-refractivity contribution in [3.63, 3.8) is 0 Å². The SMILES string of the molecule is COC(=O)C(C)Nc1ncc(Br)cc1F. The second-order valence-electron chi connectivity index (χ2n) is 2.87. The first-order valence-corrected chi connectivity index (χ1v) is 4.99. The maximum atomic E-state index is 13.3. The molecule has 0 saturated heterocycles. The van der Waals surface area contributed by atoms with Crippen molar-refractivity contribution in [2.75, 3.05) is 12.4 Å². The number of hydrogen-bond donors (Lipinski definition) is 1. The smallest absolute Gasteiger partial charge is 0.328 e. The number of carbonyl (C=O) groups is 1. The molecule has 1 atom stereocenters. The maximum Gasteiger partial charge on any atom is 0.328 e. The Morgan fingerprint density at radius 1 is 1.73 bits per heavy atom. The molecule has 15 heavy (non-hydrogen) atoms. The topological polar surface area (TPSA) is 51.2 Å². The molecule has 0 spiro atoms. The quantitative estimate of drug-likeness (QED) is 0.858. The summed E-state index contributed by atoms with van der Waals surface area (Å²) in [6.07, 6.45) is 1.44. The zero-order valence-corrected chi connectivity index (χ0v) is 9.84. The minimum absolute atomic E-state index is 0.0242.